The van der Waals surface area contributed by atoms with Crippen LogP contribution in [0.15, 0.2) is 60.2 Å². The molecule has 1 aromatic heterocycles. The van der Waals surface area contributed by atoms with Crippen LogP contribution in [0.5, 0.6) is 17.2 Å². The van der Waals surface area contributed by atoms with Crippen LogP contribution in [-0.2, 0) is 9.59 Å². The summed E-state index contributed by atoms with van der Waals surface area (Å²) < 4.78 is 18.0. The Kier molecular flexibility index (Phi) is 8.49. The molecule has 8 nitrogen and oxygen atoms in total. The zero-order valence-corrected chi connectivity index (χ0v) is 25.2. The van der Waals surface area contributed by atoms with Gasteiger partial charge in [0.25, 0.3) is 5.78 Å². The van der Waals surface area contributed by atoms with Gasteiger partial charge >= 0.3 is 5.91 Å². The van der Waals surface area contributed by atoms with E-state index in [1.165, 1.54) is 16.2 Å². The van der Waals surface area contributed by atoms with Crippen LogP contribution in [0.2, 0.25) is 0 Å². The maximum absolute atomic E-state index is 13.7. The van der Waals surface area contributed by atoms with Crippen molar-refractivity contribution in [3.05, 3.63) is 82.4 Å². The maximum Gasteiger partial charge on any atom is 0.301 e. The van der Waals surface area contributed by atoms with Gasteiger partial charge in [0, 0.05) is 5.56 Å². The first-order valence-electron chi connectivity index (χ1n) is 14.0. The second-order valence-electron chi connectivity index (χ2n) is 10.2. The normalized spacial score (nSPS) is 16.3. The lowest BCUT2D eigenvalue weighted by atomic mass is 9.95. The Labute approximate surface area is 249 Å². The molecule has 9 heteroatoms. The maximum atomic E-state index is 13.7. The molecule has 0 aliphatic carbocycles. The molecule has 4 aromatic rings. The standard InChI is InChI=1S/C33H34N2O6S/c1-6-8-15-41-24-14-11-22(18-25(24)39-5)29-27(30(36)21-9-12-23(13-10-21)40-7-2)31(37)32(38)35(29)33-34-28-20(4)16-19(3)17-26(28)42-33/h9-14,16-18,29,36H,6-8,15H2,1-5H3. The largest absolute Gasteiger partial charge is 0.507 e. The van der Waals surface area contributed by atoms with E-state index in [1.54, 1.807) is 49.6 Å². The number of methoxy groups -OCH3 is 1. The van der Waals surface area contributed by atoms with Crippen LogP contribution in [0.25, 0.3) is 16.0 Å². The zero-order valence-electron chi connectivity index (χ0n) is 24.4. The van der Waals surface area contributed by atoms with Gasteiger partial charge in [-0.1, -0.05) is 36.8 Å². The number of Topliss-reactive ketones (excluding diaryl/α,β-unsaturated/α-hetero) is 1. The number of aliphatic hydroxyl groups is 1. The number of benzene rings is 3. The zero-order chi connectivity index (χ0) is 30.0. The number of hydrogen-bond acceptors (Lipinski definition) is 8. The monoisotopic (exact) mass is 586 g/mol. The summed E-state index contributed by atoms with van der Waals surface area (Å²) in [5.74, 6) is -0.173. The van der Waals surface area contributed by atoms with E-state index in [0.717, 1.165) is 34.2 Å². The van der Waals surface area contributed by atoms with E-state index in [1.807, 2.05) is 32.9 Å². The van der Waals surface area contributed by atoms with Gasteiger partial charge in [-0.15, -0.1) is 0 Å². The van der Waals surface area contributed by atoms with Crippen molar-refractivity contribution in [1.82, 2.24) is 4.98 Å². The Morgan fingerprint density at radius 3 is 2.45 bits per heavy atom. The highest BCUT2D eigenvalue weighted by Gasteiger charge is 2.48. The first-order chi connectivity index (χ1) is 20.3. The number of anilines is 1. The summed E-state index contributed by atoms with van der Waals surface area (Å²) in [5, 5.41) is 11.9. The second-order valence-corrected chi connectivity index (χ2v) is 11.2. The number of unbranched alkanes of at least 4 members (excludes halogenated alkanes) is 1. The Hall–Kier alpha value is -4.37. The highest BCUT2D eigenvalue weighted by molar-refractivity contribution is 7.22. The average molecular weight is 587 g/mol. The number of thiazole rings is 1. The molecule has 1 aliphatic rings. The van der Waals surface area contributed by atoms with Gasteiger partial charge in [-0.3, -0.25) is 14.5 Å². The van der Waals surface area contributed by atoms with Crippen LogP contribution in [0.1, 0.15) is 55.0 Å². The fraction of sp³-hybridized carbons (Fsp3) is 0.303. The van der Waals surface area contributed by atoms with Crippen LogP contribution >= 0.6 is 11.3 Å². The summed E-state index contributed by atoms with van der Waals surface area (Å²) in [4.78, 5) is 33.6. The Morgan fingerprint density at radius 1 is 1.00 bits per heavy atom. The molecule has 2 heterocycles. The van der Waals surface area contributed by atoms with Crippen molar-refractivity contribution in [1.29, 1.82) is 0 Å². The van der Waals surface area contributed by atoms with Crippen molar-refractivity contribution < 1.29 is 28.9 Å². The number of rotatable bonds is 10. The minimum Gasteiger partial charge on any atom is -0.507 e. The molecule has 1 fully saturated rings. The topological polar surface area (TPSA) is 98.2 Å². The molecule has 0 spiro atoms. The molecule has 0 saturated carbocycles. The number of ether oxygens (including phenoxy) is 3. The molecule has 42 heavy (non-hydrogen) atoms. The van der Waals surface area contributed by atoms with Gasteiger partial charge in [0.05, 0.1) is 42.2 Å². The number of nitrogens with zero attached hydrogens (tertiary/aromatic N) is 2. The number of aliphatic hydroxyl groups excluding tert-OH is 1. The average Bonchev–Trinajstić information content (AvgIpc) is 3.51. The minimum absolute atomic E-state index is 0.0296. The molecule has 1 saturated heterocycles. The van der Waals surface area contributed by atoms with E-state index in [9.17, 15) is 14.7 Å². The smallest absolute Gasteiger partial charge is 0.301 e. The van der Waals surface area contributed by atoms with Crippen molar-refractivity contribution in [2.24, 2.45) is 0 Å². The molecule has 1 aliphatic heterocycles. The molecule has 0 radical (unpaired) electrons. The number of amides is 1. The predicted octanol–water partition coefficient (Wildman–Crippen LogP) is 7.13. The molecule has 1 unspecified atom stereocenters. The molecule has 218 valence electrons. The SMILES string of the molecule is CCCCOc1ccc(C2C(=C(O)c3ccc(OCC)cc3)C(=O)C(=O)N2c2nc3c(C)cc(C)cc3s2)cc1OC. The van der Waals surface area contributed by atoms with Crippen molar-refractivity contribution in [2.45, 2.75) is 46.6 Å². The van der Waals surface area contributed by atoms with Crippen molar-refractivity contribution >= 4 is 44.1 Å². The van der Waals surface area contributed by atoms with Gasteiger partial charge in [-0.2, -0.15) is 0 Å². The van der Waals surface area contributed by atoms with E-state index >= 15 is 0 Å². The summed E-state index contributed by atoms with van der Waals surface area (Å²) in [7, 11) is 1.54. The van der Waals surface area contributed by atoms with Gasteiger partial charge in [-0.05, 0) is 86.3 Å². The van der Waals surface area contributed by atoms with Crippen LogP contribution < -0.4 is 19.1 Å². The van der Waals surface area contributed by atoms with Gasteiger partial charge in [0.15, 0.2) is 16.6 Å². The fourth-order valence-electron chi connectivity index (χ4n) is 5.14. The molecule has 0 bridgehead atoms. The van der Waals surface area contributed by atoms with E-state index in [-0.39, 0.29) is 11.3 Å². The second kappa shape index (κ2) is 12.2. The molecular formula is C33H34N2O6S. The van der Waals surface area contributed by atoms with Crippen LogP contribution in [0.3, 0.4) is 0 Å². The lowest BCUT2D eigenvalue weighted by Gasteiger charge is -2.24. The van der Waals surface area contributed by atoms with Crippen molar-refractivity contribution in [3.8, 4) is 17.2 Å². The number of fused-ring (bicyclic) bond motifs is 1. The minimum atomic E-state index is -0.947. The third-order valence-corrected chi connectivity index (χ3v) is 8.17. The van der Waals surface area contributed by atoms with Gasteiger partial charge in [0.2, 0.25) is 0 Å². The lowest BCUT2D eigenvalue weighted by Crippen LogP contribution is -2.29. The van der Waals surface area contributed by atoms with E-state index in [0.29, 0.717) is 46.7 Å². The first kappa shape index (κ1) is 29.1. The third kappa shape index (κ3) is 5.44. The Balaban J connectivity index is 1.68. The highest BCUT2D eigenvalue weighted by Crippen LogP contribution is 2.46. The summed E-state index contributed by atoms with van der Waals surface area (Å²) in [6, 6.07) is 15.2. The quantitative estimate of drug-likeness (QED) is 0.0914. The summed E-state index contributed by atoms with van der Waals surface area (Å²) >= 11 is 1.34. The number of carbonyl (C=O) groups excluding carboxylic acids is 2. The van der Waals surface area contributed by atoms with E-state index in [2.05, 4.69) is 6.92 Å². The van der Waals surface area contributed by atoms with Gasteiger partial charge in [0.1, 0.15) is 11.5 Å². The fourth-order valence-corrected chi connectivity index (χ4v) is 6.31. The van der Waals surface area contributed by atoms with Gasteiger partial charge in [-0.25, -0.2) is 4.98 Å². The van der Waals surface area contributed by atoms with Crippen LogP contribution in [0, 0.1) is 13.8 Å². The Morgan fingerprint density at radius 2 is 1.76 bits per heavy atom. The molecule has 3 aromatic carbocycles. The first-order valence-corrected chi connectivity index (χ1v) is 14.8. The summed E-state index contributed by atoms with van der Waals surface area (Å²) in [5.41, 5.74) is 3.76. The van der Waals surface area contributed by atoms with Crippen molar-refractivity contribution in [3.63, 3.8) is 0 Å². The summed E-state index contributed by atoms with van der Waals surface area (Å²) in [6.07, 6.45) is 1.88. The van der Waals surface area contributed by atoms with E-state index < -0.39 is 17.7 Å². The molecular weight excluding hydrogens is 552 g/mol. The van der Waals surface area contributed by atoms with E-state index in [4.69, 9.17) is 19.2 Å². The Bertz CT molecular complexity index is 1670. The number of aromatic nitrogens is 1. The van der Waals surface area contributed by atoms with Crippen molar-refractivity contribution in [2.75, 3.05) is 25.2 Å². The molecule has 5 rings (SSSR count). The molecule has 1 N–H and O–H groups in total. The number of carbonyl (C=O) groups is 2. The molecule has 1 atom stereocenters. The predicted molar refractivity (Wildman–Crippen MR) is 165 cm³/mol. The van der Waals surface area contributed by atoms with Crippen LogP contribution in [0.4, 0.5) is 5.13 Å². The number of hydrogen-bond donors (Lipinski definition) is 1. The van der Waals surface area contributed by atoms with Gasteiger partial charge < -0.3 is 19.3 Å². The highest BCUT2D eigenvalue weighted by atomic mass is 32.1. The summed E-state index contributed by atoms with van der Waals surface area (Å²) in [6.45, 7) is 8.98. The number of ketones is 1. The van der Waals surface area contributed by atoms with Crippen LogP contribution in [-0.4, -0.2) is 42.1 Å². The molecule has 1 amide bonds. The number of aryl methyl sites for hydroxylation is 2. The third-order valence-electron chi connectivity index (χ3n) is 7.17. The lowest BCUT2D eigenvalue weighted by molar-refractivity contribution is -0.132.